The average Bonchev–Trinajstić information content (AvgIpc) is 1.78. The van der Waals surface area contributed by atoms with E-state index < -0.39 is 10.1 Å². The van der Waals surface area contributed by atoms with Crippen molar-refractivity contribution < 1.29 is 17.7 Å². The highest BCUT2D eigenvalue weighted by molar-refractivity contribution is 7.85. The quantitative estimate of drug-likeness (QED) is 0.379. The molecule has 0 saturated heterocycles. The maximum absolute atomic E-state index is 10.0. The average molecular weight is 189 g/mol. The molecule has 0 radical (unpaired) electrons. The van der Waals surface area contributed by atoms with E-state index in [1.165, 1.54) is 0 Å². The lowest BCUT2D eigenvalue weighted by atomic mass is 10.8. The Morgan fingerprint density at radius 3 is 2.40 bits per heavy atom. The van der Waals surface area contributed by atoms with E-state index in [0.717, 1.165) is 0 Å². The van der Waals surface area contributed by atoms with Crippen LogP contribution in [-0.4, -0.2) is 37.8 Å². The van der Waals surface area contributed by atoms with Gasteiger partial charge in [0.25, 0.3) is 10.1 Å². The third-order valence-corrected chi connectivity index (χ3v) is 1.54. The first-order valence-corrected chi connectivity index (χ1v) is 4.79. The van der Waals surface area contributed by atoms with E-state index >= 15 is 0 Å². The Bertz CT molecular complexity index is 164. The van der Waals surface area contributed by atoms with Crippen molar-refractivity contribution in [2.75, 3.05) is 24.8 Å². The zero-order valence-electron chi connectivity index (χ0n) is 5.29. The van der Waals surface area contributed by atoms with Crippen molar-refractivity contribution in [3.05, 3.63) is 0 Å². The highest BCUT2D eigenvalue weighted by atomic mass is 35.5. The summed E-state index contributed by atoms with van der Waals surface area (Å²) in [6.45, 7) is 0.294. The maximum atomic E-state index is 10.0. The summed E-state index contributed by atoms with van der Waals surface area (Å²) in [4.78, 5) is 0. The van der Waals surface area contributed by atoms with Crippen LogP contribution in [0.4, 0.5) is 0 Å². The predicted octanol–water partition coefficient (Wildman–Crippen LogP) is 0.130. The van der Waals surface area contributed by atoms with E-state index in [1.807, 2.05) is 0 Å². The number of ether oxygens (including phenoxy) is 1. The fourth-order valence-electron chi connectivity index (χ4n) is 0.321. The van der Waals surface area contributed by atoms with E-state index in [2.05, 4.69) is 4.74 Å². The molecule has 0 aliphatic heterocycles. The van der Waals surface area contributed by atoms with Gasteiger partial charge in [0, 0.05) is 5.88 Å². The van der Waals surface area contributed by atoms with Crippen molar-refractivity contribution in [1.29, 1.82) is 0 Å². The molecule has 0 rings (SSSR count). The second kappa shape index (κ2) is 4.90. The monoisotopic (exact) mass is 188 g/mol. The van der Waals surface area contributed by atoms with Crippen molar-refractivity contribution in [2.24, 2.45) is 0 Å². The molecule has 0 bridgehead atoms. The minimum absolute atomic E-state index is 0.00838. The second-order valence-corrected chi connectivity index (χ2v) is 3.54. The van der Waals surface area contributed by atoms with Gasteiger partial charge in [0.2, 0.25) is 0 Å². The molecule has 4 nitrogen and oxygen atoms in total. The van der Waals surface area contributed by atoms with Gasteiger partial charge >= 0.3 is 0 Å². The molecule has 0 saturated carbocycles. The minimum atomic E-state index is -3.87. The van der Waals surface area contributed by atoms with Crippen molar-refractivity contribution in [3.63, 3.8) is 0 Å². The number of halogens is 1. The van der Waals surface area contributed by atoms with E-state index in [-0.39, 0.29) is 12.4 Å². The summed E-state index contributed by atoms with van der Waals surface area (Å²) >= 11 is 5.21. The Morgan fingerprint density at radius 1 is 1.40 bits per heavy atom. The van der Waals surface area contributed by atoms with Crippen LogP contribution in [0.25, 0.3) is 0 Å². The van der Waals surface area contributed by atoms with Crippen molar-refractivity contribution in [2.45, 2.75) is 0 Å². The first kappa shape index (κ1) is 10.2. The lowest BCUT2D eigenvalue weighted by Crippen LogP contribution is -2.11. The summed E-state index contributed by atoms with van der Waals surface area (Å²) in [6, 6.07) is 0. The maximum Gasteiger partial charge on any atom is 0.267 e. The summed E-state index contributed by atoms with van der Waals surface area (Å²) in [6.07, 6.45) is 0. The Balaban J connectivity index is 3.21. The van der Waals surface area contributed by atoms with Crippen LogP contribution >= 0.6 is 11.6 Å². The van der Waals surface area contributed by atoms with Crippen LogP contribution < -0.4 is 0 Å². The van der Waals surface area contributed by atoms with Crippen LogP contribution in [0.5, 0.6) is 0 Å². The molecule has 0 aromatic carbocycles. The third kappa shape index (κ3) is 8.16. The highest BCUT2D eigenvalue weighted by Crippen LogP contribution is 1.84. The van der Waals surface area contributed by atoms with Gasteiger partial charge < -0.3 is 4.74 Å². The lowest BCUT2D eigenvalue weighted by Gasteiger charge is -1.97. The van der Waals surface area contributed by atoms with Gasteiger partial charge in [-0.05, 0) is 0 Å². The predicted molar refractivity (Wildman–Crippen MR) is 38.0 cm³/mol. The van der Waals surface area contributed by atoms with Crippen LogP contribution in [0.15, 0.2) is 0 Å². The van der Waals surface area contributed by atoms with Crippen LogP contribution in [0.1, 0.15) is 0 Å². The molecule has 0 aromatic rings. The molecular formula is C4H9ClO4S. The Hall–Kier alpha value is 0.160. The molecule has 0 heterocycles. The smallest absolute Gasteiger partial charge is 0.267 e. The molecule has 0 aliphatic rings. The van der Waals surface area contributed by atoms with Gasteiger partial charge in [0.1, 0.15) is 0 Å². The van der Waals surface area contributed by atoms with Gasteiger partial charge in [-0.1, -0.05) is 0 Å². The van der Waals surface area contributed by atoms with Gasteiger partial charge in [-0.2, -0.15) is 8.42 Å². The summed E-state index contributed by atoms with van der Waals surface area (Å²) in [5.74, 6) is -0.0463. The fourth-order valence-corrected chi connectivity index (χ4v) is 0.758. The second-order valence-electron chi connectivity index (χ2n) is 1.59. The van der Waals surface area contributed by atoms with Crippen molar-refractivity contribution >= 4 is 21.7 Å². The van der Waals surface area contributed by atoms with Crippen LogP contribution in [0.2, 0.25) is 0 Å². The van der Waals surface area contributed by atoms with E-state index in [0.29, 0.717) is 12.5 Å². The molecule has 0 spiro atoms. The SMILES string of the molecule is O=S(=O)(O)CCOCCCl. The number of rotatable bonds is 5. The molecule has 62 valence electrons. The molecule has 0 aromatic heterocycles. The van der Waals surface area contributed by atoms with Gasteiger partial charge in [-0.25, -0.2) is 0 Å². The Morgan fingerprint density at radius 2 is 2.00 bits per heavy atom. The Labute approximate surface area is 64.9 Å². The summed E-state index contributed by atoms with van der Waals surface area (Å²) in [5, 5.41) is 0. The molecule has 0 aliphatic carbocycles. The highest BCUT2D eigenvalue weighted by Gasteiger charge is 2.02. The summed E-state index contributed by atoms with van der Waals surface area (Å²) < 4.78 is 32.9. The van der Waals surface area contributed by atoms with E-state index in [1.54, 1.807) is 0 Å². The standard InChI is InChI=1S/C4H9ClO4S/c5-1-2-9-3-4-10(6,7)8/h1-4H2,(H,6,7,8). The topological polar surface area (TPSA) is 63.6 Å². The van der Waals surface area contributed by atoms with Crippen LogP contribution in [0, 0.1) is 0 Å². The summed E-state index contributed by atoms with van der Waals surface area (Å²) in [5.41, 5.74) is 0. The zero-order valence-corrected chi connectivity index (χ0v) is 6.86. The van der Waals surface area contributed by atoms with Crippen LogP contribution in [0.3, 0.4) is 0 Å². The number of hydrogen-bond acceptors (Lipinski definition) is 3. The molecule has 1 N–H and O–H groups in total. The van der Waals surface area contributed by atoms with E-state index in [4.69, 9.17) is 16.2 Å². The first-order chi connectivity index (χ1) is 4.56. The molecular weight excluding hydrogens is 180 g/mol. The first-order valence-electron chi connectivity index (χ1n) is 2.65. The molecule has 0 unspecified atom stereocenters. The minimum Gasteiger partial charge on any atom is -0.379 e. The summed E-state index contributed by atoms with van der Waals surface area (Å²) in [7, 11) is -3.87. The lowest BCUT2D eigenvalue weighted by molar-refractivity contribution is 0.164. The Kier molecular flexibility index (Phi) is 4.98. The van der Waals surface area contributed by atoms with Crippen molar-refractivity contribution in [3.8, 4) is 0 Å². The number of alkyl halides is 1. The van der Waals surface area contributed by atoms with Gasteiger partial charge in [0.15, 0.2) is 0 Å². The van der Waals surface area contributed by atoms with E-state index in [9.17, 15) is 8.42 Å². The normalized spacial score (nSPS) is 11.8. The van der Waals surface area contributed by atoms with Gasteiger partial charge in [-0.3, -0.25) is 4.55 Å². The molecule has 0 amide bonds. The van der Waals surface area contributed by atoms with Crippen molar-refractivity contribution in [1.82, 2.24) is 0 Å². The van der Waals surface area contributed by atoms with Gasteiger partial charge in [-0.15, -0.1) is 11.6 Å². The largest absolute Gasteiger partial charge is 0.379 e. The molecule has 6 heteroatoms. The fraction of sp³-hybridized carbons (Fsp3) is 1.00. The van der Waals surface area contributed by atoms with Crippen LogP contribution in [-0.2, 0) is 14.9 Å². The molecule has 0 fully saturated rings. The third-order valence-electron chi connectivity index (χ3n) is 0.707. The van der Waals surface area contributed by atoms with Gasteiger partial charge in [0.05, 0.1) is 19.0 Å². The zero-order chi connectivity index (χ0) is 8.04. The molecule has 0 atom stereocenters. The number of hydrogen-bond donors (Lipinski definition) is 1. The molecule has 10 heavy (non-hydrogen) atoms.